The summed E-state index contributed by atoms with van der Waals surface area (Å²) in [4.78, 5) is 13.9. The monoisotopic (exact) mass is 362 g/mol. The van der Waals surface area contributed by atoms with Gasteiger partial charge in [0.25, 0.3) is 15.6 Å². The summed E-state index contributed by atoms with van der Waals surface area (Å²) in [6, 6.07) is 8.42. The van der Waals surface area contributed by atoms with Crippen molar-refractivity contribution >= 4 is 38.0 Å². The highest BCUT2D eigenvalue weighted by atomic mass is 32.2. The van der Waals surface area contributed by atoms with Gasteiger partial charge in [0.2, 0.25) is 0 Å². The third kappa shape index (κ3) is 2.85. The first-order valence-corrected chi connectivity index (χ1v) is 9.69. The average Bonchev–Trinajstić information content (AvgIpc) is 2.84. The first kappa shape index (κ1) is 16.7. The zero-order valence-electron chi connectivity index (χ0n) is 13.9. The summed E-state index contributed by atoms with van der Waals surface area (Å²) in [5.74, 6) is 0. The van der Waals surface area contributed by atoms with Crippen molar-refractivity contribution in [3.05, 3.63) is 56.0 Å². The molecule has 0 aliphatic heterocycles. The quantitative estimate of drug-likeness (QED) is 0.777. The summed E-state index contributed by atoms with van der Waals surface area (Å²) >= 11 is 1.46. The standard InChI is InChI=1S/C17H18N2O3S2/c1-10-7-17(20)19(4)15-6-5-13(9-14(10)15)18-24(21,22)16-8-11(2)23-12(16)3/h5-9,18H,1-4H3. The first-order valence-electron chi connectivity index (χ1n) is 7.39. The van der Waals surface area contributed by atoms with Gasteiger partial charge in [-0.25, -0.2) is 8.42 Å². The summed E-state index contributed by atoms with van der Waals surface area (Å²) < 4.78 is 29.4. The molecule has 0 atom stereocenters. The van der Waals surface area contributed by atoms with Gasteiger partial charge in [0.15, 0.2) is 0 Å². The highest BCUT2D eigenvalue weighted by molar-refractivity contribution is 7.93. The van der Waals surface area contributed by atoms with Gasteiger partial charge in [0.05, 0.1) is 5.52 Å². The molecule has 2 heterocycles. The van der Waals surface area contributed by atoms with E-state index < -0.39 is 10.0 Å². The Balaban J connectivity index is 2.08. The van der Waals surface area contributed by atoms with E-state index in [-0.39, 0.29) is 5.56 Å². The number of fused-ring (bicyclic) bond motifs is 1. The predicted octanol–water partition coefficient (Wildman–Crippen LogP) is 3.33. The number of aromatic nitrogens is 1. The van der Waals surface area contributed by atoms with Crippen LogP contribution in [0.2, 0.25) is 0 Å². The van der Waals surface area contributed by atoms with E-state index in [1.807, 2.05) is 13.8 Å². The molecular formula is C17H18N2O3S2. The van der Waals surface area contributed by atoms with Crippen LogP contribution < -0.4 is 10.3 Å². The second-order valence-corrected chi connectivity index (χ2v) is 8.95. The molecule has 1 N–H and O–H groups in total. The van der Waals surface area contributed by atoms with Gasteiger partial charge < -0.3 is 4.57 Å². The van der Waals surface area contributed by atoms with E-state index in [2.05, 4.69) is 4.72 Å². The van der Waals surface area contributed by atoms with Crippen LogP contribution in [0.3, 0.4) is 0 Å². The van der Waals surface area contributed by atoms with Crippen LogP contribution >= 0.6 is 11.3 Å². The molecule has 1 aromatic carbocycles. The van der Waals surface area contributed by atoms with Gasteiger partial charge in [-0.2, -0.15) is 0 Å². The third-order valence-electron chi connectivity index (χ3n) is 3.99. The van der Waals surface area contributed by atoms with Crippen LogP contribution in [-0.4, -0.2) is 13.0 Å². The Kier molecular flexibility index (Phi) is 4.01. The zero-order chi connectivity index (χ0) is 17.6. The Labute approximate surface area is 144 Å². The van der Waals surface area contributed by atoms with Crippen molar-refractivity contribution in [1.82, 2.24) is 4.57 Å². The summed E-state index contributed by atoms with van der Waals surface area (Å²) in [5, 5.41) is 0.843. The Morgan fingerprint density at radius 1 is 1.08 bits per heavy atom. The SMILES string of the molecule is Cc1cc(S(=O)(=O)Nc2ccc3c(c2)c(C)cc(=O)n3C)c(C)s1. The molecule has 126 valence electrons. The largest absolute Gasteiger partial charge is 0.311 e. The van der Waals surface area contributed by atoms with Crippen molar-refractivity contribution in [2.45, 2.75) is 25.7 Å². The van der Waals surface area contributed by atoms with E-state index in [1.54, 1.807) is 48.9 Å². The fraction of sp³-hybridized carbons (Fsp3) is 0.235. The van der Waals surface area contributed by atoms with Crippen LogP contribution in [-0.2, 0) is 17.1 Å². The second-order valence-electron chi connectivity index (χ2n) is 5.84. The molecule has 3 rings (SSSR count). The molecule has 0 saturated carbocycles. The number of hydrogen-bond acceptors (Lipinski definition) is 4. The number of nitrogens with one attached hydrogen (secondary N) is 1. The Morgan fingerprint density at radius 2 is 1.79 bits per heavy atom. The van der Waals surface area contributed by atoms with Crippen LogP contribution in [0.1, 0.15) is 15.3 Å². The zero-order valence-corrected chi connectivity index (χ0v) is 15.5. The minimum atomic E-state index is -3.63. The Morgan fingerprint density at radius 3 is 2.42 bits per heavy atom. The van der Waals surface area contributed by atoms with Gasteiger partial charge in [-0.15, -0.1) is 11.3 Å². The van der Waals surface area contributed by atoms with Crippen LogP contribution in [0.25, 0.3) is 10.9 Å². The maximum Gasteiger partial charge on any atom is 0.262 e. The summed E-state index contributed by atoms with van der Waals surface area (Å²) in [6.45, 7) is 5.53. The number of anilines is 1. The molecule has 0 aliphatic rings. The molecule has 2 aromatic heterocycles. The molecule has 7 heteroatoms. The average molecular weight is 362 g/mol. The lowest BCUT2D eigenvalue weighted by Crippen LogP contribution is -2.17. The number of aryl methyl sites for hydroxylation is 4. The lowest BCUT2D eigenvalue weighted by molar-refractivity contribution is 0.601. The number of sulfonamides is 1. The van der Waals surface area contributed by atoms with E-state index >= 15 is 0 Å². The smallest absolute Gasteiger partial charge is 0.262 e. The van der Waals surface area contributed by atoms with Crippen molar-refractivity contribution in [2.24, 2.45) is 7.05 Å². The number of nitrogens with zero attached hydrogens (tertiary/aromatic N) is 1. The first-order chi connectivity index (χ1) is 11.2. The minimum absolute atomic E-state index is 0.0855. The topological polar surface area (TPSA) is 68.2 Å². The molecule has 0 amide bonds. The lowest BCUT2D eigenvalue weighted by atomic mass is 10.1. The van der Waals surface area contributed by atoms with E-state index in [0.717, 1.165) is 26.2 Å². The number of hydrogen-bond donors (Lipinski definition) is 1. The molecule has 3 aromatic rings. The highest BCUT2D eigenvalue weighted by Crippen LogP contribution is 2.28. The Hall–Kier alpha value is -2.12. The van der Waals surface area contributed by atoms with Crippen molar-refractivity contribution < 1.29 is 8.42 Å². The Bertz CT molecular complexity index is 1110. The predicted molar refractivity (Wildman–Crippen MR) is 98.5 cm³/mol. The van der Waals surface area contributed by atoms with E-state index in [1.165, 1.54) is 11.3 Å². The molecular weight excluding hydrogens is 344 g/mol. The molecule has 0 fully saturated rings. The van der Waals surface area contributed by atoms with Gasteiger partial charge in [0.1, 0.15) is 4.90 Å². The minimum Gasteiger partial charge on any atom is -0.311 e. The molecule has 0 radical (unpaired) electrons. The van der Waals surface area contributed by atoms with Gasteiger partial charge >= 0.3 is 0 Å². The van der Waals surface area contributed by atoms with E-state index in [9.17, 15) is 13.2 Å². The van der Waals surface area contributed by atoms with Gasteiger partial charge in [-0.3, -0.25) is 9.52 Å². The molecule has 24 heavy (non-hydrogen) atoms. The number of rotatable bonds is 3. The molecule has 0 bridgehead atoms. The van der Waals surface area contributed by atoms with Crippen molar-refractivity contribution in [2.75, 3.05) is 4.72 Å². The summed E-state index contributed by atoms with van der Waals surface area (Å²) in [5.41, 5.74) is 1.98. The van der Waals surface area contributed by atoms with E-state index in [4.69, 9.17) is 0 Å². The summed E-state index contributed by atoms with van der Waals surface area (Å²) in [6.07, 6.45) is 0. The van der Waals surface area contributed by atoms with Crippen molar-refractivity contribution in [3.8, 4) is 0 Å². The van der Waals surface area contributed by atoms with Crippen molar-refractivity contribution in [1.29, 1.82) is 0 Å². The number of pyridine rings is 1. The van der Waals surface area contributed by atoms with Crippen LogP contribution in [0.15, 0.2) is 40.0 Å². The van der Waals surface area contributed by atoms with Crippen LogP contribution in [0, 0.1) is 20.8 Å². The van der Waals surface area contributed by atoms with Crippen molar-refractivity contribution in [3.63, 3.8) is 0 Å². The van der Waals surface area contributed by atoms with Gasteiger partial charge in [-0.05, 0) is 50.6 Å². The third-order valence-corrected chi connectivity index (χ3v) is 6.59. The maximum absolute atomic E-state index is 12.6. The second kappa shape index (κ2) is 5.75. The summed E-state index contributed by atoms with van der Waals surface area (Å²) in [7, 11) is -1.93. The molecule has 0 spiro atoms. The van der Waals surface area contributed by atoms with Crippen LogP contribution in [0.4, 0.5) is 5.69 Å². The maximum atomic E-state index is 12.6. The van der Waals surface area contributed by atoms with E-state index in [0.29, 0.717) is 10.6 Å². The number of benzene rings is 1. The normalized spacial score (nSPS) is 11.8. The fourth-order valence-corrected chi connectivity index (χ4v) is 5.38. The molecule has 0 aliphatic carbocycles. The number of thiophene rings is 1. The molecule has 0 saturated heterocycles. The molecule has 0 unspecified atom stereocenters. The lowest BCUT2D eigenvalue weighted by Gasteiger charge is -2.11. The van der Waals surface area contributed by atoms with Crippen LogP contribution in [0.5, 0.6) is 0 Å². The van der Waals surface area contributed by atoms with Gasteiger partial charge in [-0.1, -0.05) is 0 Å². The highest BCUT2D eigenvalue weighted by Gasteiger charge is 2.19. The van der Waals surface area contributed by atoms with Gasteiger partial charge in [0, 0.05) is 33.9 Å². The molecule has 5 nitrogen and oxygen atoms in total. The fourth-order valence-electron chi connectivity index (χ4n) is 2.77.